The standard InChI is InChI=1S/C11H14BrF/c1-7-6-10(4-5-11(7)13)8(2)9(3)12/h4-6,8-9H,1-3H3. The van der Waals surface area contributed by atoms with Crippen LogP contribution in [0, 0.1) is 12.7 Å². The molecule has 0 nitrogen and oxygen atoms in total. The van der Waals surface area contributed by atoms with Crippen LogP contribution >= 0.6 is 15.9 Å². The van der Waals surface area contributed by atoms with Gasteiger partial charge in [-0.15, -0.1) is 0 Å². The van der Waals surface area contributed by atoms with Crippen LogP contribution in [0.3, 0.4) is 0 Å². The Bertz CT molecular complexity index is 294. The quantitative estimate of drug-likeness (QED) is 0.690. The van der Waals surface area contributed by atoms with E-state index in [1.54, 1.807) is 6.92 Å². The molecule has 0 N–H and O–H groups in total. The third-order valence-corrected chi connectivity index (χ3v) is 3.19. The molecule has 0 bridgehead atoms. The molecule has 0 aromatic heterocycles. The summed E-state index contributed by atoms with van der Waals surface area (Å²) in [5.74, 6) is 0.289. The topological polar surface area (TPSA) is 0 Å². The molecular formula is C11H14BrF. The van der Waals surface area contributed by atoms with E-state index in [0.717, 1.165) is 5.56 Å². The summed E-state index contributed by atoms with van der Waals surface area (Å²) in [7, 11) is 0. The van der Waals surface area contributed by atoms with Crippen molar-refractivity contribution in [2.75, 3.05) is 0 Å². The van der Waals surface area contributed by atoms with E-state index in [2.05, 4.69) is 29.8 Å². The molecule has 0 saturated heterocycles. The highest BCUT2D eigenvalue weighted by Crippen LogP contribution is 2.25. The molecule has 0 aliphatic carbocycles. The van der Waals surface area contributed by atoms with Crippen molar-refractivity contribution >= 4 is 15.9 Å². The van der Waals surface area contributed by atoms with E-state index >= 15 is 0 Å². The maximum atomic E-state index is 13.0. The Hall–Kier alpha value is -0.370. The van der Waals surface area contributed by atoms with Crippen LogP contribution in [0.4, 0.5) is 4.39 Å². The number of halogens is 2. The molecule has 0 aliphatic heterocycles. The van der Waals surface area contributed by atoms with Gasteiger partial charge in [-0.2, -0.15) is 0 Å². The van der Waals surface area contributed by atoms with Crippen molar-refractivity contribution in [2.45, 2.75) is 31.5 Å². The lowest BCUT2D eigenvalue weighted by atomic mass is 9.97. The first-order valence-electron chi connectivity index (χ1n) is 4.42. The van der Waals surface area contributed by atoms with Crippen molar-refractivity contribution in [2.24, 2.45) is 0 Å². The summed E-state index contributed by atoms with van der Waals surface area (Å²) in [6.07, 6.45) is 0. The van der Waals surface area contributed by atoms with E-state index < -0.39 is 0 Å². The zero-order chi connectivity index (χ0) is 10.0. The third-order valence-electron chi connectivity index (χ3n) is 2.40. The van der Waals surface area contributed by atoms with Crippen molar-refractivity contribution in [1.29, 1.82) is 0 Å². The highest BCUT2D eigenvalue weighted by Gasteiger charge is 2.11. The van der Waals surface area contributed by atoms with Crippen LogP contribution in [-0.2, 0) is 0 Å². The maximum Gasteiger partial charge on any atom is 0.126 e. The number of alkyl halides is 1. The summed E-state index contributed by atoms with van der Waals surface area (Å²) in [6, 6.07) is 5.30. The van der Waals surface area contributed by atoms with Crippen LogP contribution in [0.2, 0.25) is 0 Å². The van der Waals surface area contributed by atoms with E-state index in [1.165, 1.54) is 11.6 Å². The lowest BCUT2D eigenvalue weighted by Gasteiger charge is -2.15. The third kappa shape index (κ3) is 2.53. The van der Waals surface area contributed by atoms with E-state index in [0.29, 0.717) is 10.7 Å². The van der Waals surface area contributed by atoms with Crippen LogP contribution < -0.4 is 0 Å². The first-order chi connectivity index (χ1) is 6.02. The van der Waals surface area contributed by atoms with Crippen LogP contribution in [0.15, 0.2) is 18.2 Å². The Morgan fingerprint density at radius 3 is 2.38 bits per heavy atom. The Labute approximate surface area is 87.3 Å². The summed E-state index contributed by atoms with van der Waals surface area (Å²) in [5.41, 5.74) is 1.90. The molecule has 1 aromatic carbocycles. The van der Waals surface area contributed by atoms with Gasteiger partial charge in [-0.25, -0.2) is 4.39 Å². The Morgan fingerprint density at radius 2 is 1.92 bits per heavy atom. The second-order valence-electron chi connectivity index (χ2n) is 3.47. The van der Waals surface area contributed by atoms with Crippen molar-refractivity contribution in [3.05, 3.63) is 35.1 Å². The molecule has 2 unspecified atom stereocenters. The molecule has 2 heteroatoms. The average Bonchev–Trinajstić information content (AvgIpc) is 2.08. The minimum atomic E-state index is -0.127. The van der Waals surface area contributed by atoms with Gasteiger partial charge in [0, 0.05) is 4.83 Å². The monoisotopic (exact) mass is 244 g/mol. The number of hydrogen-bond acceptors (Lipinski definition) is 0. The largest absolute Gasteiger partial charge is 0.207 e. The zero-order valence-corrected chi connectivity index (χ0v) is 9.73. The molecule has 1 rings (SSSR count). The van der Waals surface area contributed by atoms with Crippen molar-refractivity contribution < 1.29 is 4.39 Å². The van der Waals surface area contributed by atoms with Gasteiger partial charge in [0.05, 0.1) is 0 Å². The van der Waals surface area contributed by atoms with E-state index in [-0.39, 0.29) is 5.82 Å². The summed E-state index contributed by atoms with van der Waals surface area (Å²) in [4.78, 5) is 0.414. The predicted molar refractivity (Wildman–Crippen MR) is 57.9 cm³/mol. The summed E-state index contributed by atoms with van der Waals surface area (Å²) in [5, 5.41) is 0. The smallest absolute Gasteiger partial charge is 0.126 e. The predicted octanol–water partition coefficient (Wildman–Crippen LogP) is 4.02. The molecule has 0 aliphatic rings. The van der Waals surface area contributed by atoms with Gasteiger partial charge in [-0.1, -0.05) is 41.9 Å². The maximum absolute atomic E-state index is 13.0. The summed E-state index contributed by atoms with van der Waals surface area (Å²) < 4.78 is 13.0. The lowest BCUT2D eigenvalue weighted by Crippen LogP contribution is -2.04. The fourth-order valence-electron chi connectivity index (χ4n) is 1.22. The minimum absolute atomic E-state index is 0.127. The Balaban J connectivity index is 2.97. The lowest BCUT2D eigenvalue weighted by molar-refractivity contribution is 0.616. The zero-order valence-electron chi connectivity index (χ0n) is 8.14. The van der Waals surface area contributed by atoms with Gasteiger partial charge in [0.15, 0.2) is 0 Å². The van der Waals surface area contributed by atoms with Gasteiger partial charge < -0.3 is 0 Å². The number of rotatable bonds is 2. The van der Waals surface area contributed by atoms with E-state index in [1.807, 2.05) is 12.1 Å². The molecule has 0 heterocycles. The molecule has 0 spiro atoms. The van der Waals surface area contributed by atoms with Crippen molar-refractivity contribution in [3.63, 3.8) is 0 Å². The molecule has 0 amide bonds. The Kier molecular flexibility index (Phi) is 3.48. The van der Waals surface area contributed by atoms with Crippen LogP contribution in [0.5, 0.6) is 0 Å². The normalized spacial score (nSPS) is 15.5. The number of hydrogen-bond donors (Lipinski definition) is 0. The van der Waals surface area contributed by atoms with Gasteiger partial charge in [0.25, 0.3) is 0 Å². The SMILES string of the molecule is Cc1cc(C(C)C(C)Br)ccc1F. The molecule has 72 valence electrons. The second kappa shape index (κ2) is 4.23. The first kappa shape index (κ1) is 10.7. The van der Waals surface area contributed by atoms with Gasteiger partial charge in [-0.05, 0) is 30.0 Å². The van der Waals surface area contributed by atoms with Crippen LogP contribution in [0.1, 0.15) is 30.9 Å². The van der Waals surface area contributed by atoms with Crippen LogP contribution in [0.25, 0.3) is 0 Å². The molecule has 0 saturated carbocycles. The highest BCUT2D eigenvalue weighted by atomic mass is 79.9. The summed E-state index contributed by atoms with van der Waals surface area (Å²) in [6.45, 7) is 6.03. The molecule has 0 radical (unpaired) electrons. The average molecular weight is 245 g/mol. The fourth-order valence-corrected chi connectivity index (χ4v) is 1.52. The van der Waals surface area contributed by atoms with Gasteiger partial charge in [-0.3, -0.25) is 0 Å². The number of benzene rings is 1. The molecule has 0 fully saturated rings. The second-order valence-corrected chi connectivity index (χ2v) is 4.92. The van der Waals surface area contributed by atoms with Crippen molar-refractivity contribution in [1.82, 2.24) is 0 Å². The number of aryl methyl sites for hydroxylation is 1. The van der Waals surface area contributed by atoms with Crippen LogP contribution in [-0.4, -0.2) is 4.83 Å². The van der Waals surface area contributed by atoms with Gasteiger partial charge in [0.1, 0.15) is 5.82 Å². The van der Waals surface area contributed by atoms with Gasteiger partial charge >= 0.3 is 0 Å². The van der Waals surface area contributed by atoms with Gasteiger partial charge in [0.2, 0.25) is 0 Å². The molecule has 1 aromatic rings. The molecular weight excluding hydrogens is 231 g/mol. The highest BCUT2D eigenvalue weighted by molar-refractivity contribution is 9.09. The summed E-state index contributed by atoms with van der Waals surface area (Å²) >= 11 is 3.53. The van der Waals surface area contributed by atoms with Crippen molar-refractivity contribution in [3.8, 4) is 0 Å². The van der Waals surface area contributed by atoms with E-state index in [4.69, 9.17) is 0 Å². The molecule has 13 heavy (non-hydrogen) atoms. The first-order valence-corrected chi connectivity index (χ1v) is 5.34. The molecule has 2 atom stereocenters. The van der Waals surface area contributed by atoms with E-state index in [9.17, 15) is 4.39 Å². The minimum Gasteiger partial charge on any atom is -0.207 e. The Morgan fingerprint density at radius 1 is 1.31 bits per heavy atom. The fraction of sp³-hybridized carbons (Fsp3) is 0.455.